The summed E-state index contributed by atoms with van der Waals surface area (Å²) in [6.45, 7) is 3.96. The molecule has 5 nitrogen and oxygen atoms in total. The molecule has 0 fully saturated rings. The molecule has 2 unspecified atom stereocenters. The summed E-state index contributed by atoms with van der Waals surface area (Å²) in [5.41, 5.74) is 6.09. The van der Waals surface area contributed by atoms with Gasteiger partial charge in [-0.1, -0.05) is 89.7 Å². The standard InChI is InChI=1S/C27H49N3O2/c1-3-4-5-6-7-8-9-10-11-12-13-14-15-16-17-18-19-20-21-26-29-22-23-30(26,25(2)28)24-27(31)32/h9-10,22-23,25H,3-8,11-21,24,28H2,1-2H3/b10-9+. The molecule has 0 saturated heterocycles. The van der Waals surface area contributed by atoms with Gasteiger partial charge in [0.25, 0.3) is 0 Å². The number of amidine groups is 1. The normalized spacial score (nSPS) is 19.0. The molecule has 1 aliphatic heterocycles. The molecule has 0 aliphatic carbocycles. The van der Waals surface area contributed by atoms with Crippen LogP contribution in [-0.4, -0.2) is 29.0 Å². The Labute approximate surface area is 197 Å². The predicted molar refractivity (Wildman–Crippen MR) is 134 cm³/mol. The highest BCUT2D eigenvalue weighted by Crippen LogP contribution is 2.23. The number of carbonyl (C=O) groups excluding carboxylic acids is 1. The van der Waals surface area contributed by atoms with Gasteiger partial charge in [-0.3, -0.25) is 5.73 Å². The highest BCUT2D eigenvalue weighted by molar-refractivity contribution is 5.81. The first-order chi connectivity index (χ1) is 15.5. The molecule has 0 radical (unpaired) electrons. The molecule has 32 heavy (non-hydrogen) atoms. The minimum absolute atomic E-state index is 0.108. The van der Waals surface area contributed by atoms with Gasteiger partial charge < -0.3 is 9.90 Å². The summed E-state index contributed by atoms with van der Waals surface area (Å²) in [7, 11) is 0. The molecular formula is C27H49N3O2. The van der Waals surface area contributed by atoms with Crippen molar-refractivity contribution in [2.75, 3.05) is 6.54 Å². The van der Waals surface area contributed by atoms with Crippen molar-refractivity contribution < 1.29 is 14.4 Å². The first-order valence-electron chi connectivity index (χ1n) is 13.3. The first-order valence-corrected chi connectivity index (χ1v) is 13.3. The molecule has 0 amide bonds. The third-order valence-electron chi connectivity index (χ3n) is 6.57. The first kappa shape index (κ1) is 28.6. The quantitative estimate of drug-likeness (QED) is 0.134. The lowest BCUT2D eigenvalue weighted by atomic mass is 10.0. The molecular weight excluding hydrogens is 398 g/mol. The summed E-state index contributed by atoms with van der Waals surface area (Å²) < 4.78 is 0.108. The molecule has 0 aromatic carbocycles. The molecule has 1 heterocycles. The fraction of sp³-hybridized carbons (Fsp3) is 0.778. The van der Waals surface area contributed by atoms with E-state index in [4.69, 9.17) is 5.73 Å². The number of carbonyl (C=O) groups is 1. The number of unbranched alkanes of at least 4 members (excludes halogenated alkanes) is 14. The molecule has 0 spiro atoms. The lowest BCUT2D eigenvalue weighted by molar-refractivity contribution is -0.808. The Morgan fingerprint density at radius 1 is 0.938 bits per heavy atom. The fourth-order valence-corrected chi connectivity index (χ4v) is 4.46. The van der Waals surface area contributed by atoms with Gasteiger partial charge in [-0.15, -0.1) is 0 Å². The lowest BCUT2D eigenvalue weighted by Gasteiger charge is -2.36. The van der Waals surface area contributed by atoms with E-state index in [1.165, 1.54) is 89.9 Å². The third-order valence-corrected chi connectivity index (χ3v) is 6.57. The molecule has 0 aromatic rings. The zero-order chi connectivity index (χ0) is 23.5. The van der Waals surface area contributed by atoms with Crippen molar-refractivity contribution in [1.29, 1.82) is 0 Å². The van der Waals surface area contributed by atoms with Crippen LogP contribution in [-0.2, 0) is 4.79 Å². The Morgan fingerprint density at radius 3 is 1.94 bits per heavy atom. The van der Waals surface area contributed by atoms with Crippen LogP contribution in [0.15, 0.2) is 29.5 Å². The molecule has 0 aromatic heterocycles. The maximum absolute atomic E-state index is 11.2. The van der Waals surface area contributed by atoms with Gasteiger partial charge in [-0.2, -0.15) is 0 Å². The largest absolute Gasteiger partial charge is 0.544 e. The zero-order valence-corrected chi connectivity index (χ0v) is 20.9. The van der Waals surface area contributed by atoms with Crippen molar-refractivity contribution in [1.82, 2.24) is 0 Å². The summed E-state index contributed by atoms with van der Waals surface area (Å²) >= 11 is 0. The number of carboxylic acids is 1. The van der Waals surface area contributed by atoms with Crippen molar-refractivity contribution in [3.63, 3.8) is 0 Å². The van der Waals surface area contributed by atoms with Crippen molar-refractivity contribution in [2.24, 2.45) is 10.7 Å². The Bertz CT molecular complexity index is 583. The Kier molecular flexibility index (Phi) is 16.1. The van der Waals surface area contributed by atoms with Gasteiger partial charge in [0.2, 0.25) is 5.84 Å². The number of aliphatic imine (C=N–C) groups is 1. The molecule has 184 valence electrons. The van der Waals surface area contributed by atoms with Gasteiger partial charge in [0, 0.05) is 13.3 Å². The SMILES string of the molecule is CCCCCCC/C=C/CCCCCCCCCCCC1=NC=C[N+]1(CC(=O)[O-])C(C)N. The van der Waals surface area contributed by atoms with Crippen LogP contribution in [0.2, 0.25) is 0 Å². The van der Waals surface area contributed by atoms with E-state index in [1.807, 2.05) is 6.92 Å². The fourth-order valence-electron chi connectivity index (χ4n) is 4.46. The molecule has 2 atom stereocenters. The highest BCUT2D eigenvalue weighted by atomic mass is 16.4. The van der Waals surface area contributed by atoms with E-state index in [2.05, 4.69) is 24.1 Å². The van der Waals surface area contributed by atoms with Gasteiger partial charge in [0.1, 0.15) is 18.9 Å². The van der Waals surface area contributed by atoms with Crippen LogP contribution in [0.25, 0.3) is 0 Å². The van der Waals surface area contributed by atoms with Gasteiger partial charge >= 0.3 is 0 Å². The summed E-state index contributed by atoms with van der Waals surface area (Å²) in [5.74, 6) is -0.231. The average Bonchev–Trinajstić information content (AvgIpc) is 3.16. The zero-order valence-electron chi connectivity index (χ0n) is 20.9. The number of nitrogens with two attached hydrogens (primary N) is 1. The molecule has 0 bridgehead atoms. The number of aliphatic carboxylic acids is 1. The average molecular weight is 448 g/mol. The van der Waals surface area contributed by atoms with Crippen LogP contribution >= 0.6 is 0 Å². The number of rotatable bonds is 21. The summed E-state index contributed by atoms with van der Waals surface area (Å²) in [4.78, 5) is 15.6. The molecule has 2 N–H and O–H groups in total. The number of quaternary nitrogens is 1. The second-order valence-corrected chi connectivity index (χ2v) is 9.44. The minimum Gasteiger partial charge on any atom is -0.544 e. The molecule has 1 rings (SSSR count). The van der Waals surface area contributed by atoms with Crippen molar-refractivity contribution in [3.8, 4) is 0 Å². The van der Waals surface area contributed by atoms with Crippen LogP contribution in [0, 0.1) is 0 Å². The number of carboxylic acid groups (broad SMARTS) is 1. The van der Waals surface area contributed by atoms with Crippen LogP contribution in [0.1, 0.15) is 123 Å². The third kappa shape index (κ3) is 12.0. The Morgan fingerprint density at radius 2 is 1.44 bits per heavy atom. The van der Waals surface area contributed by atoms with Gasteiger partial charge in [0.15, 0.2) is 0 Å². The van der Waals surface area contributed by atoms with Crippen molar-refractivity contribution in [2.45, 2.75) is 129 Å². The van der Waals surface area contributed by atoms with Gasteiger partial charge in [-0.05, 0) is 32.1 Å². The second kappa shape index (κ2) is 18.0. The van der Waals surface area contributed by atoms with E-state index in [0.29, 0.717) is 0 Å². The van der Waals surface area contributed by atoms with E-state index in [1.54, 1.807) is 12.4 Å². The van der Waals surface area contributed by atoms with Crippen molar-refractivity contribution >= 4 is 11.8 Å². The van der Waals surface area contributed by atoms with Gasteiger partial charge in [-0.25, -0.2) is 9.48 Å². The van der Waals surface area contributed by atoms with Crippen LogP contribution in [0.4, 0.5) is 0 Å². The van der Waals surface area contributed by atoms with Crippen LogP contribution in [0.5, 0.6) is 0 Å². The summed E-state index contributed by atoms with van der Waals surface area (Å²) in [5, 5.41) is 11.2. The maximum Gasteiger partial charge on any atom is 0.209 e. The minimum atomic E-state index is -1.09. The highest BCUT2D eigenvalue weighted by Gasteiger charge is 2.38. The smallest absolute Gasteiger partial charge is 0.209 e. The monoisotopic (exact) mass is 447 g/mol. The number of hydrogen-bond donors (Lipinski definition) is 1. The van der Waals surface area contributed by atoms with E-state index in [-0.39, 0.29) is 17.2 Å². The van der Waals surface area contributed by atoms with Crippen LogP contribution in [0.3, 0.4) is 0 Å². The maximum atomic E-state index is 11.2. The molecule has 1 aliphatic rings. The van der Waals surface area contributed by atoms with E-state index in [9.17, 15) is 9.90 Å². The predicted octanol–water partition coefficient (Wildman–Crippen LogP) is 5.95. The van der Waals surface area contributed by atoms with Crippen LogP contribution < -0.4 is 10.8 Å². The van der Waals surface area contributed by atoms with Gasteiger partial charge in [0.05, 0.1) is 12.2 Å². The summed E-state index contributed by atoms with van der Waals surface area (Å²) in [6, 6.07) is 0. The molecule has 5 heteroatoms. The topological polar surface area (TPSA) is 78.5 Å². The second-order valence-electron chi connectivity index (χ2n) is 9.44. The number of hydrogen-bond acceptors (Lipinski definition) is 4. The lowest BCUT2D eigenvalue weighted by Crippen LogP contribution is -2.60. The van der Waals surface area contributed by atoms with E-state index >= 15 is 0 Å². The number of nitrogens with zero attached hydrogens (tertiary/aromatic N) is 2. The molecule has 0 saturated carbocycles. The Hall–Kier alpha value is -1.46. The summed E-state index contributed by atoms with van der Waals surface area (Å²) in [6.07, 6.45) is 29.5. The van der Waals surface area contributed by atoms with E-state index in [0.717, 1.165) is 25.1 Å². The Balaban J connectivity index is 1.96. The number of allylic oxidation sites excluding steroid dienone is 2. The van der Waals surface area contributed by atoms with Crippen molar-refractivity contribution in [3.05, 3.63) is 24.6 Å². The van der Waals surface area contributed by atoms with E-state index < -0.39 is 5.97 Å².